The van der Waals surface area contributed by atoms with Crippen molar-refractivity contribution in [3.05, 3.63) is 46.9 Å². The van der Waals surface area contributed by atoms with E-state index in [0.29, 0.717) is 5.82 Å². The van der Waals surface area contributed by atoms with Crippen molar-refractivity contribution in [1.29, 1.82) is 0 Å². The molecule has 0 fully saturated rings. The Balaban J connectivity index is 2.15. The Labute approximate surface area is 123 Å². The van der Waals surface area contributed by atoms with Crippen LogP contribution >= 0.6 is 0 Å². The number of hydrogen-bond acceptors (Lipinski definition) is 5. The van der Waals surface area contributed by atoms with Gasteiger partial charge in [-0.2, -0.15) is 4.98 Å². The van der Waals surface area contributed by atoms with Crippen molar-refractivity contribution >= 4 is 11.8 Å². The highest BCUT2D eigenvalue weighted by Crippen LogP contribution is 2.21. The van der Waals surface area contributed by atoms with Crippen LogP contribution in [-0.4, -0.2) is 21.6 Å². The van der Waals surface area contributed by atoms with Gasteiger partial charge in [0.05, 0.1) is 6.10 Å². The van der Waals surface area contributed by atoms with Crippen LogP contribution in [0.15, 0.2) is 24.3 Å². The van der Waals surface area contributed by atoms with E-state index in [2.05, 4.69) is 15.3 Å². The Morgan fingerprint density at radius 3 is 2.71 bits per heavy atom. The molecule has 21 heavy (non-hydrogen) atoms. The first-order chi connectivity index (χ1) is 10.0. The summed E-state index contributed by atoms with van der Waals surface area (Å²) >= 11 is 0. The standard InChI is InChI=1S/C15H19FN4O/c1-3-10-9(2)19-15(17)20-14(10)18-8-13(21)11-6-4-5-7-12(11)16/h4-7,13,21H,3,8H2,1-2H3,(H3,17,18,19,20)/t13-/m0/s1. The number of nitrogens with zero attached hydrogens (tertiary/aromatic N) is 2. The molecule has 4 N–H and O–H groups in total. The topological polar surface area (TPSA) is 84.1 Å². The summed E-state index contributed by atoms with van der Waals surface area (Å²) in [5.41, 5.74) is 7.63. The lowest BCUT2D eigenvalue weighted by Gasteiger charge is -2.16. The summed E-state index contributed by atoms with van der Waals surface area (Å²) in [5.74, 6) is 0.325. The van der Waals surface area contributed by atoms with Gasteiger partial charge in [-0.15, -0.1) is 0 Å². The van der Waals surface area contributed by atoms with E-state index in [-0.39, 0.29) is 18.1 Å². The van der Waals surface area contributed by atoms with E-state index in [0.717, 1.165) is 17.7 Å². The lowest BCUT2D eigenvalue weighted by atomic mass is 10.1. The van der Waals surface area contributed by atoms with Crippen molar-refractivity contribution in [2.75, 3.05) is 17.6 Å². The Morgan fingerprint density at radius 1 is 1.33 bits per heavy atom. The molecule has 1 atom stereocenters. The van der Waals surface area contributed by atoms with E-state index >= 15 is 0 Å². The molecule has 2 rings (SSSR count). The molecule has 6 heteroatoms. The van der Waals surface area contributed by atoms with Crippen molar-refractivity contribution in [2.45, 2.75) is 26.4 Å². The molecule has 0 aliphatic heterocycles. The zero-order valence-corrected chi connectivity index (χ0v) is 12.1. The smallest absolute Gasteiger partial charge is 0.222 e. The number of hydrogen-bond donors (Lipinski definition) is 3. The Morgan fingerprint density at radius 2 is 2.05 bits per heavy atom. The number of nitrogen functional groups attached to an aromatic ring is 1. The summed E-state index contributed by atoms with van der Waals surface area (Å²) in [6.07, 6.45) is -0.225. The van der Waals surface area contributed by atoms with Crippen LogP contribution in [0.3, 0.4) is 0 Å². The number of aromatic nitrogens is 2. The third-order valence-electron chi connectivity index (χ3n) is 3.31. The highest BCUT2D eigenvalue weighted by atomic mass is 19.1. The lowest BCUT2D eigenvalue weighted by molar-refractivity contribution is 0.186. The Hall–Kier alpha value is -2.21. The van der Waals surface area contributed by atoms with E-state index in [1.807, 2.05) is 13.8 Å². The van der Waals surface area contributed by atoms with Crippen LogP contribution in [0, 0.1) is 12.7 Å². The molecule has 0 saturated heterocycles. The summed E-state index contributed by atoms with van der Waals surface area (Å²) in [6.45, 7) is 3.99. The molecule has 0 spiro atoms. The first kappa shape index (κ1) is 15.2. The molecule has 112 valence electrons. The summed E-state index contributed by atoms with van der Waals surface area (Å²) < 4.78 is 13.6. The molecule has 1 aromatic carbocycles. The Bertz CT molecular complexity index is 633. The highest BCUT2D eigenvalue weighted by Gasteiger charge is 2.14. The minimum absolute atomic E-state index is 0.143. The number of halogens is 1. The lowest BCUT2D eigenvalue weighted by Crippen LogP contribution is -2.16. The van der Waals surface area contributed by atoms with Gasteiger partial charge < -0.3 is 16.2 Å². The second-order valence-electron chi connectivity index (χ2n) is 4.77. The minimum Gasteiger partial charge on any atom is -0.386 e. The first-order valence-electron chi connectivity index (χ1n) is 6.82. The fourth-order valence-corrected chi connectivity index (χ4v) is 2.24. The van der Waals surface area contributed by atoms with Crippen LogP contribution in [0.5, 0.6) is 0 Å². The number of benzene rings is 1. The molecule has 2 aromatic rings. The van der Waals surface area contributed by atoms with Gasteiger partial charge in [-0.1, -0.05) is 25.1 Å². The summed E-state index contributed by atoms with van der Waals surface area (Å²) in [4.78, 5) is 8.25. The molecular weight excluding hydrogens is 271 g/mol. The number of aliphatic hydroxyl groups excluding tert-OH is 1. The van der Waals surface area contributed by atoms with E-state index < -0.39 is 11.9 Å². The maximum Gasteiger partial charge on any atom is 0.222 e. The first-order valence-corrected chi connectivity index (χ1v) is 6.82. The van der Waals surface area contributed by atoms with Gasteiger partial charge in [0.15, 0.2) is 0 Å². The second-order valence-corrected chi connectivity index (χ2v) is 4.77. The van der Waals surface area contributed by atoms with E-state index in [1.165, 1.54) is 6.07 Å². The molecule has 5 nitrogen and oxygen atoms in total. The SMILES string of the molecule is CCc1c(C)nc(N)nc1NC[C@H](O)c1ccccc1F. The zero-order valence-electron chi connectivity index (χ0n) is 12.1. The van der Waals surface area contributed by atoms with Gasteiger partial charge in [0.2, 0.25) is 5.95 Å². The molecule has 0 unspecified atom stereocenters. The van der Waals surface area contributed by atoms with E-state index in [9.17, 15) is 9.50 Å². The molecular formula is C15H19FN4O. The molecule has 0 bridgehead atoms. The average Bonchev–Trinajstić information content (AvgIpc) is 2.44. The summed E-state index contributed by atoms with van der Waals surface area (Å²) in [5, 5.41) is 13.1. The molecule has 0 saturated carbocycles. The largest absolute Gasteiger partial charge is 0.386 e. The third kappa shape index (κ3) is 3.46. The monoisotopic (exact) mass is 290 g/mol. The number of nitrogens with two attached hydrogens (primary N) is 1. The van der Waals surface area contributed by atoms with Gasteiger partial charge in [-0.25, -0.2) is 9.37 Å². The van der Waals surface area contributed by atoms with Gasteiger partial charge in [-0.3, -0.25) is 0 Å². The highest BCUT2D eigenvalue weighted by molar-refractivity contribution is 5.49. The van der Waals surface area contributed by atoms with Gasteiger partial charge >= 0.3 is 0 Å². The van der Waals surface area contributed by atoms with Crippen LogP contribution in [0.25, 0.3) is 0 Å². The second kappa shape index (κ2) is 6.49. The van der Waals surface area contributed by atoms with Crippen LogP contribution in [0.1, 0.15) is 29.8 Å². The van der Waals surface area contributed by atoms with Crippen LogP contribution in [-0.2, 0) is 6.42 Å². The minimum atomic E-state index is -0.965. The molecule has 0 amide bonds. The molecule has 0 aliphatic carbocycles. The normalized spacial score (nSPS) is 12.2. The fraction of sp³-hybridized carbons (Fsp3) is 0.333. The molecule has 0 radical (unpaired) electrons. The van der Waals surface area contributed by atoms with Crippen molar-refractivity contribution in [3.8, 4) is 0 Å². The maximum atomic E-state index is 13.6. The number of anilines is 2. The Kier molecular flexibility index (Phi) is 4.70. The third-order valence-corrected chi connectivity index (χ3v) is 3.31. The van der Waals surface area contributed by atoms with Crippen LogP contribution < -0.4 is 11.1 Å². The van der Waals surface area contributed by atoms with E-state index in [1.54, 1.807) is 18.2 Å². The van der Waals surface area contributed by atoms with Gasteiger partial charge in [0, 0.05) is 23.4 Å². The van der Waals surface area contributed by atoms with Crippen molar-refractivity contribution < 1.29 is 9.50 Å². The number of rotatable bonds is 5. The van der Waals surface area contributed by atoms with Crippen LogP contribution in [0.2, 0.25) is 0 Å². The fourth-order valence-electron chi connectivity index (χ4n) is 2.24. The van der Waals surface area contributed by atoms with Crippen molar-refractivity contribution in [3.63, 3.8) is 0 Å². The van der Waals surface area contributed by atoms with Gasteiger partial charge in [0.1, 0.15) is 11.6 Å². The van der Waals surface area contributed by atoms with Crippen molar-refractivity contribution in [2.24, 2.45) is 0 Å². The average molecular weight is 290 g/mol. The number of aliphatic hydroxyl groups is 1. The van der Waals surface area contributed by atoms with E-state index in [4.69, 9.17) is 5.73 Å². The summed E-state index contributed by atoms with van der Waals surface area (Å²) in [7, 11) is 0. The predicted molar refractivity (Wildman–Crippen MR) is 80.4 cm³/mol. The number of nitrogens with one attached hydrogen (secondary N) is 1. The van der Waals surface area contributed by atoms with Gasteiger partial charge in [0.25, 0.3) is 0 Å². The molecule has 0 aliphatic rings. The predicted octanol–water partition coefficient (Wildman–Crippen LogP) is 2.21. The zero-order chi connectivity index (χ0) is 15.4. The molecule has 1 heterocycles. The van der Waals surface area contributed by atoms with Gasteiger partial charge in [-0.05, 0) is 19.4 Å². The maximum absolute atomic E-state index is 13.6. The quantitative estimate of drug-likeness (QED) is 0.786. The van der Waals surface area contributed by atoms with Crippen molar-refractivity contribution in [1.82, 2.24) is 9.97 Å². The molecule has 1 aromatic heterocycles. The van der Waals surface area contributed by atoms with Crippen LogP contribution in [0.4, 0.5) is 16.2 Å². The summed E-state index contributed by atoms with van der Waals surface area (Å²) in [6, 6.07) is 6.15. The number of aryl methyl sites for hydroxylation is 1.